The Hall–Kier alpha value is -3.36. The van der Waals surface area contributed by atoms with Gasteiger partial charge in [0.2, 0.25) is 0 Å². The van der Waals surface area contributed by atoms with Crippen LogP contribution in [-0.4, -0.2) is 52.1 Å². The average molecular weight is 481 g/mol. The number of fused-ring (bicyclic) bond motifs is 1. The Bertz CT molecular complexity index is 1280. The summed E-state index contributed by atoms with van der Waals surface area (Å²) in [6, 6.07) is 24.6. The maximum Gasteiger partial charge on any atom is 0.416 e. The van der Waals surface area contributed by atoms with E-state index in [2.05, 4.69) is 63.3 Å². The molecule has 8 heteroatoms. The van der Waals surface area contributed by atoms with Gasteiger partial charge in [-0.25, -0.2) is 4.79 Å². The van der Waals surface area contributed by atoms with Crippen molar-refractivity contribution < 1.29 is 13.2 Å². The number of aromatic nitrogens is 2. The largest absolute Gasteiger partial charge is 0.416 e. The Morgan fingerprint density at radius 2 is 1.40 bits per heavy atom. The number of rotatable bonds is 6. The molecule has 35 heavy (non-hydrogen) atoms. The smallest absolute Gasteiger partial charge is 0.306 e. The number of benzene rings is 3. The van der Waals surface area contributed by atoms with Crippen LogP contribution < -0.4 is 5.69 Å². The molecule has 0 amide bonds. The summed E-state index contributed by atoms with van der Waals surface area (Å²) in [5.41, 5.74) is 2.08. The van der Waals surface area contributed by atoms with Crippen molar-refractivity contribution in [2.75, 3.05) is 32.7 Å². The zero-order valence-corrected chi connectivity index (χ0v) is 19.2. The minimum absolute atomic E-state index is 0.179. The van der Waals surface area contributed by atoms with E-state index in [0.717, 1.165) is 38.3 Å². The van der Waals surface area contributed by atoms with Crippen LogP contribution in [0.3, 0.4) is 0 Å². The molecule has 1 saturated heterocycles. The Balaban J connectivity index is 1.26. The van der Waals surface area contributed by atoms with Gasteiger partial charge in [-0.2, -0.15) is 13.2 Å². The van der Waals surface area contributed by atoms with E-state index >= 15 is 0 Å². The standard InChI is InChI=1S/C27H27F3N4O/c28-27(29,30)22-11-12-24-23(19-22)31-26(35)34(24)18-15-32-13-16-33(17-14-32)25(20-7-3-1-4-8-20)21-9-5-2-6-10-21/h1-12,19,25H,13-18H2,(H,31,35). The number of hydrogen-bond donors (Lipinski definition) is 1. The predicted octanol–water partition coefficient (Wildman–Crippen LogP) is 4.76. The van der Waals surface area contributed by atoms with E-state index in [1.807, 2.05) is 12.1 Å². The lowest BCUT2D eigenvalue weighted by Gasteiger charge is -2.39. The maximum absolute atomic E-state index is 13.0. The van der Waals surface area contributed by atoms with E-state index in [0.29, 0.717) is 18.6 Å². The lowest BCUT2D eigenvalue weighted by Crippen LogP contribution is -2.48. The zero-order valence-electron chi connectivity index (χ0n) is 19.2. The van der Waals surface area contributed by atoms with E-state index in [4.69, 9.17) is 0 Å². The van der Waals surface area contributed by atoms with Crippen LogP contribution in [0.15, 0.2) is 83.7 Å². The van der Waals surface area contributed by atoms with Crippen LogP contribution in [0.25, 0.3) is 11.0 Å². The molecule has 0 unspecified atom stereocenters. The van der Waals surface area contributed by atoms with Crippen LogP contribution in [0.4, 0.5) is 13.2 Å². The van der Waals surface area contributed by atoms with Gasteiger partial charge >= 0.3 is 11.9 Å². The lowest BCUT2D eigenvalue weighted by atomic mass is 9.96. The van der Waals surface area contributed by atoms with Gasteiger partial charge in [-0.3, -0.25) is 14.4 Å². The second kappa shape index (κ2) is 9.71. The molecule has 0 spiro atoms. The first kappa shape index (κ1) is 23.4. The number of alkyl halides is 3. The number of hydrogen-bond acceptors (Lipinski definition) is 3. The minimum Gasteiger partial charge on any atom is -0.306 e. The fourth-order valence-corrected chi connectivity index (χ4v) is 4.93. The fourth-order valence-electron chi connectivity index (χ4n) is 4.93. The van der Waals surface area contributed by atoms with Crippen molar-refractivity contribution in [3.05, 3.63) is 106 Å². The summed E-state index contributed by atoms with van der Waals surface area (Å²) >= 11 is 0. The van der Waals surface area contributed by atoms with E-state index < -0.39 is 11.7 Å². The summed E-state index contributed by atoms with van der Waals surface area (Å²) in [5.74, 6) is 0. The second-order valence-corrected chi connectivity index (χ2v) is 8.91. The highest BCUT2D eigenvalue weighted by molar-refractivity contribution is 5.76. The van der Waals surface area contributed by atoms with Crippen LogP contribution in [0.2, 0.25) is 0 Å². The normalized spacial score (nSPS) is 15.8. The van der Waals surface area contributed by atoms with Gasteiger partial charge < -0.3 is 4.98 Å². The third-order valence-electron chi connectivity index (χ3n) is 6.74. The highest BCUT2D eigenvalue weighted by Gasteiger charge is 2.31. The molecule has 0 bridgehead atoms. The summed E-state index contributed by atoms with van der Waals surface area (Å²) in [4.78, 5) is 19.8. The SMILES string of the molecule is O=c1[nH]c2cc(C(F)(F)F)ccc2n1CCN1CCN(C(c2ccccc2)c2ccccc2)CC1. The molecular weight excluding hydrogens is 453 g/mol. The number of H-pyrrole nitrogens is 1. The van der Waals surface area contributed by atoms with Gasteiger partial charge in [0, 0.05) is 39.3 Å². The van der Waals surface area contributed by atoms with Crippen LogP contribution in [0.5, 0.6) is 0 Å². The van der Waals surface area contributed by atoms with E-state index in [-0.39, 0.29) is 17.2 Å². The highest BCUT2D eigenvalue weighted by Crippen LogP contribution is 2.31. The number of piperazine rings is 1. The number of halogens is 3. The van der Waals surface area contributed by atoms with Crippen LogP contribution in [0, 0.1) is 0 Å². The van der Waals surface area contributed by atoms with Crippen molar-refractivity contribution in [2.45, 2.75) is 18.8 Å². The maximum atomic E-state index is 13.0. The molecule has 1 aliphatic rings. The van der Waals surface area contributed by atoms with Gasteiger partial charge in [-0.05, 0) is 29.3 Å². The van der Waals surface area contributed by atoms with Crippen molar-refractivity contribution in [1.29, 1.82) is 0 Å². The molecule has 5 rings (SSSR count). The molecule has 0 aliphatic carbocycles. The Morgan fingerprint density at radius 3 is 1.97 bits per heavy atom. The molecule has 0 radical (unpaired) electrons. The second-order valence-electron chi connectivity index (χ2n) is 8.91. The molecule has 0 saturated carbocycles. The molecule has 1 fully saturated rings. The third-order valence-corrected chi connectivity index (χ3v) is 6.74. The molecule has 1 aromatic heterocycles. The molecule has 1 aliphatic heterocycles. The monoisotopic (exact) mass is 480 g/mol. The third kappa shape index (κ3) is 5.04. The van der Waals surface area contributed by atoms with Gasteiger partial charge in [0.15, 0.2) is 0 Å². The van der Waals surface area contributed by atoms with Gasteiger partial charge in [-0.1, -0.05) is 60.7 Å². The summed E-state index contributed by atoms with van der Waals surface area (Å²) in [6.07, 6.45) is -4.44. The van der Waals surface area contributed by atoms with Crippen LogP contribution >= 0.6 is 0 Å². The molecule has 2 heterocycles. The first-order valence-electron chi connectivity index (χ1n) is 11.8. The van der Waals surface area contributed by atoms with Crippen molar-refractivity contribution in [3.63, 3.8) is 0 Å². The molecule has 0 atom stereocenters. The van der Waals surface area contributed by atoms with Crippen LogP contribution in [-0.2, 0) is 12.7 Å². The van der Waals surface area contributed by atoms with Crippen molar-refractivity contribution in [3.8, 4) is 0 Å². The Morgan fingerprint density at radius 1 is 0.800 bits per heavy atom. The summed E-state index contributed by atoms with van der Waals surface area (Å²) in [7, 11) is 0. The molecule has 3 aromatic carbocycles. The highest BCUT2D eigenvalue weighted by atomic mass is 19.4. The number of aromatic amines is 1. The number of imidazole rings is 1. The van der Waals surface area contributed by atoms with Crippen molar-refractivity contribution in [2.24, 2.45) is 0 Å². The minimum atomic E-state index is -4.44. The molecule has 1 N–H and O–H groups in total. The zero-order chi connectivity index (χ0) is 24.4. The summed E-state index contributed by atoms with van der Waals surface area (Å²) < 4.78 is 40.6. The first-order chi connectivity index (χ1) is 16.9. The van der Waals surface area contributed by atoms with Gasteiger partial charge in [0.05, 0.1) is 22.6 Å². The van der Waals surface area contributed by atoms with Crippen molar-refractivity contribution >= 4 is 11.0 Å². The number of nitrogens with zero attached hydrogens (tertiary/aromatic N) is 3. The fraction of sp³-hybridized carbons (Fsp3) is 0.296. The van der Waals surface area contributed by atoms with Gasteiger partial charge in [-0.15, -0.1) is 0 Å². The molecular formula is C27H27F3N4O. The van der Waals surface area contributed by atoms with Gasteiger partial charge in [0.1, 0.15) is 0 Å². The van der Waals surface area contributed by atoms with Gasteiger partial charge in [0.25, 0.3) is 0 Å². The summed E-state index contributed by atoms with van der Waals surface area (Å²) in [5, 5.41) is 0. The van der Waals surface area contributed by atoms with E-state index in [1.54, 1.807) is 0 Å². The van der Waals surface area contributed by atoms with Crippen LogP contribution in [0.1, 0.15) is 22.7 Å². The average Bonchev–Trinajstić information content (AvgIpc) is 3.18. The molecule has 182 valence electrons. The predicted molar refractivity (Wildman–Crippen MR) is 130 cm³/mol. The van der Waals surface area contributed by atoms with E-state index in [1.165, 1.54) is 21.8 Å². The van der Waals surface area contributed by atoms with E-state index in [9.17, 15) is 18.0 Å². The Kier molecular flexibility index (Phi) is 6.49. The number of nitrogens with one attached hydrogen (secondary N) is 1. The molecule has 5 nitrogen and oxygen atoms in total. The first-order valence-corrected chi connectivity index (χ1v) is 11.8. The topological polar surface area (TPSA) is 44.3 Å². The Labute approximate surface area is 201 Å². The molecule has 4 aromatic rings. The lowest BCUT2D eigenvalue weighted by molar-refractivity contribution is -0.137. The quantitative estimate of drug-likeness (QED) is 0.433. The van der Waals surface area contributed by atoms with Crippen molar-refractivity contribution in [1.82, 2.24) is 19.4 Å². The summed E-state index contributed by atoms with van der Waals surface area (Å²) in [6.45, 7) is 4.55.